The largest absolute Gasteiger partial charge is 0.388 e. The van der Waals surface area contributed by atoms with Gasteiger partial charge in [0.15, 0.2) is 4.96 Å². The van der Waals surface area contributed by atoms with Gasteiger partial charge in [-0.1, -0.05) is 0 Å². The van der Waals surface area contributed by atoms with Crippen LogP contribution in [0, 0.1) is 6.92 Å². The van der Waals surface area contributed by atoms with Crippen molar-refractivity contribution in [3.63, 3.8) is 0 Å². The van der Waals surface area contributed by atoms with Gasteiger partial charge in [0.05, 0.1) is 11.8 Å². The number of imidazole rings is 1. The topological polar surface area (TPSA) is 37.5 Å². The van der Waals surface area contributed by atoms with Crippen LogP contribution >= 0.6 is 22.7 Å². The molecule has 3 aromatic heterocycles. The van der Waals surface area contributed by atoms with Gasteiger partial charge in [-0.05, 0) is 28.8 Å². The summed E-state index contributed by atoms with van der Waals surface area (Å²) in [4.78, 5) is 5.46. The Morgan fingerprint density at radius 2 is 2.35 bits per heavy atom. The minimum absolute atomic E-state index is 0.453. The number of hydrogen-bond acceptors (Lipinski definition) is 4. The molecule has 3 nitrogen and oxygen atoms in total. The van der Waals surface area contributed by atoms with Crippen LogP contribution in [0.5, 0.6) is 0 Å². The van der Waals surface area contributed by atoms with E-state index < -0.39 is 6.10 Å². The second-order valence-electron chi connectivity index (χ2n) is 4.06. The highest BCUT2D eigenvalue weighted by atomic mass is 32.1. The molecule has 0 saturated heterocycles. The molecule has 0 saturated carbocycles. The maximum Gasteiger partial charge on any atom is 0.193 e. The first-order valence-corrected chi connectivity index (χ1v) is 7.18. The fourth-order valence-electron chi connectivity index (χ4n) is 1.89. The molecule has 1 atom stereocenters. The van der Waals surface area contributed by atoms with E-state index in [9.17, 15) is 5.11 Å². The Kier molecular flexibility index (Phi) is 2.74. The van der Waals surface area contributed by atoms with Crippen molar-refractivity contribution >= 4 is 27.6 Å². The molecule has 0 aliphatic carbocycles. The minimum atomic E-state index is -0.453. The lowest BCUT2D eigenvalue weighted by Gasteiger charge is -2.08. The molecule has 0 aliphatic rings. The summed E-state index contributed by atoms with van der Waals surface area (Å²) in [6.45, 7) is 2.03. The number of nitrogens with zero attached hydrogens (tertiary/aromatic N) is 2. The molecule has 1 unspecified atom stereocenters. The summed E-state index contributed by atoms with van der Waals surface area (Å²) in [6.07, 6.45) is 4.09. The summed E-state index contributed by atoms with van der Waals surface area (Å²) < 4.78 is 1.99. The van der Waals surface area contributed by atoms with Gasteiger partial charge in [-0.2, -0.15) is 11.3 Å². The van der Waals surface area contributed by atoms with Gasteiger partial charge >= 0.3 is 0 Å². The highest BCUT2D eigenvalue weighted by Gasteiger charge is 2.14. The van der Waals surface area contributed by atoms with Gasteiger partial charge in [0.1, 0.15) is 0 Å². The molecule has 0 aliphatic heterocycles. The van der Waals surface area contributed by atoms with E-state index in [1.54, 1.807) is 22.7 Å². The second-order valence-corrected chi connectivity index (χ2v) is 5.67. The number of aromatic nitrogens is 2. The van der Waals surface area contributed by atoms with E-state index in [2.05, 4.69) is 10.4 Å². The van der Waals surface area contributed by atoms with E-state index in [-0.39, 0.29) is 0 Å². The average molecular weight is 264 g/mol. The third-order valence-corrected chi connectivity index (χ3v) is 4.45. The molecule has 0 aromatic carbocycles. The first-order chi connectivity index (χ1) is 8.24. The zero-order chi connectivity index (χ0) is 11.8. The molecule has 1 N–H and O–H groups in total. The van der Waals surface area contributed by atoms with Crippen LogP contribution in [0.1, 0.15) is 22.9 Å². The lowest BCUT2D eigenvalue weighted by atomic mass is 10.1. The lowest BCUT2D eigenvalue weighted by molar-refractivity contribution is 0.177. The smallest absolute Gasteiger partial charge is 0.193 e. The van der Waals surface area contributed by atoms with E-state index in [1.165, 1.54) is 0 Å². The number of thiazole rings is 1. The summed E-state index contributed by atoms with van der Waals surface area (Å²) in [7, 11) is 0. The highest BCUT2D eigenvalue weighted by Crippen LogP contribution is 2.25. The van der Waals surface area contributed by atoms with Crippen LogP contribution in [0.3, 0.4) is 0 Å². The van der Waals surface area contributed by atoms with E-state index in [1.807, 2.05) is 34.5 Å². The van der Waals surface area contributed by atoms with Crippen molar-refractivity contribution in [3.05, 3.63) is 45.4 Å². The molecular weight excluding hydrogens is 252 g/mol. The van der Waals surface area contributed by atoms with Gasteiger partial charge in [0.2, 0.25) is 0 Å². The zero-order valence-electron chi connectivity index (χ0n) is 9.33. The van der Waals surface area contributed by atoms with E-state index in [0.29, 0.717) is 6.42 Å². The Morgan fingerprint density at radius 1 is 1.47 bits per heavy atom. The first kappa shape index (κ1) is 11.0. The molecule has 3 rings (SSSR count). The molecule has 0 amide bonds. The Morgan fingerprint density at radius 3 is 3.06 bits per heavy atom. The number of thiophene rings is 1. The zero-order valence-corrected chi connectivity index (χ0v) is 11.0. The number of rotatable bonds is 3. The summed E-state index contributed by atoms with van der Waals surface area (Å²) in [5.41, 5.74) is 3.12. The molecule has 3 heterocycles. The van der Waals surface area contributed by atoms with Crippen molar-refractivity contribution in [2.75, 3.05) is 0 Å². The van der Waals surface area contributed by atoms with Gasteiger partial charge in [-0.15, -0.1) is 11.3 Å². The van der Waals surface area contributed by atoms with Crippen LogP contribution in [0.25, 0.3) is 4.96 Å². The predicted molar refractivity (Wildman–Crippen MR) is 70.8 cm³/mol. The Balaban J connectivity index is 1.83. The number of fused-ring (bicyclic) bond motifs is 1. The minimum Gasteiger partial charge on any atom is -0.388 e. The maximum atomic E-state index is 10.2. The Labute approximate surface area is 107 Å². The van der Waals surface area contributed by atoms with Crippen LogP contribution in [-0.4, -0.2) is 14.5 Å². The van der Waals surface area contributed by atoms with Crippen molar-refractivity contribution in [2.45, 2.75) is 19.4 Å². The summed E-state index contributed by atoms with van der Waals surface area (Å²) >= 11 is 3.24. The van der Waals surface area contributed by atoms with E-state index >= 15 is 0 Å². The van der Waals surface area contributed by atoms with Gasteiger partial charge in [0.25, 0.3) is 0 Å². The molecule has 5 heteroatoms. The quantitative estimate of drug-likeness (QED) is 0.789. The third kappa shape index (κ3) is 2.01. The van der Waals surface area contributed by atoms with Crippen LogP contribution in [-0.2, 0) is 6.42 Å². The number of hydrogen-bond donors (Lipinski definition) is 1. The lowest BCUT2D eigenvalue weighted by Crippen LogP contribution is -2.02. The molecule has 88 valence electrons. The van der Waals surface area contributed by atoms with Crippen LogP contribution < -0.4 is 0 Å². The second kappa shape index (κ2) is 4.25. The Bertz CT molecular complexity index is 609. The Hall–Kier alpha value is -1.17. The van der Waals surface area contributed by atoms with Gasteiger partial charge in [-0.25, -0.2) is 4.98 Å². The average Bonchev–Trinajstić information content (AvgIpc) is 2.92. The van der Waals surface area contributed by atoms with Crippen LogP contribution in [0.15, 0.2) is 28.5 Å². The number of aryl methyl sites for hydroxylation is 1. The third-order valence-electron chi connectivity index (χ3n) is 2.80. The normalized spacial score (nSPS) is 13.3. The number of aliphatic hydroxyl groups excluding tert-OH is 1. The first-order valence-electron chi connectivity index (χ1n) is 5.36. The van der Waals surface area contributed by atoms with Crippen molar-refractivity contribution in [1.29, 1.82) is 0 Å². The molecule has 0 radical (unpaired) electrons. The molecule has 0 spiro atoms. The number of aliphatic hydroxyl groups is 1. The van der Waals surface area contributed by atoms with E-state index in [0.717, 1.165) is 21.8 Å². The summed E-state index contributed by atoms with van der Waals surface area (Å²) in [6, 6.07) is 0. The molecule has 17 heavy (non-hydrogen) atoms. The fourth-order valence-corrected chi connectivity index (χ4v) is 3.51. The van der Waals surface area contributed by atoms with Gasteiger partial charge in [0, 0.05) is 24.2 Å². The van der Waals surface area contributed by atoms with Gasteiger partial charge in [-0.3, -0.25) is 4.40 Å². The molecule has 3 aromatic rings. The van der Waals surface area contributed by atoms with Crippen molar-refractivity contribution in [2.24, 2.45) is 0 Å². The van der Waals surface area contributed by atoms with Crippen LogP contribution in [0.2, 0.25) is 0 Å². The maximum absolute atomic E-state index is 10.2. The fraction of sp³-hybridized carbons (Fsp3) is 0.250. The standard InChI is InChI=1S/C12H12N2OS2/c1-8-6-16-7-10(8)11(15)4-9-5-14-2-3-17-12(14)13-9/h2-3,5-7,11,15H,4H2,1H3. The summed E-state index contributed by atoms with van der Waals surface area (Å²) in [5.74, 6) is 0. The predicted octanol–water partition coefficient (Wildman–Crippen LogP) is 3.04. The monoisotopic (exact) mass is 264 g/mol. The van der Waals surface area contributed by atoms with Crippen molar-refractivity contribution < 1.29 is 5.11 Å². The SMILES string of the molecule is Cc1cscc1C(O)Cc1cn2ccsc2n1. The molecule has 0 bridgehead atoms. The van der Waals surface area contributed by atoms with Gasteiger partial charge < -0.3 is 5.11 Å². The van der Waals surface area contributed by atoms with Crippen LogP contribution in [0.4, 0.5) is 0 Å². The van der Waals surface area contributed by atoms with E-state index in [4.69, 9.17) is 0 Å². The van der Waals surface area contributed by atoms with Crippen molar-refractivity contribution in [1.82, 2.24) is 9.38 Å². The van der Waals surface area contributed by atoms with Crippen molar-refractivity contribution in [3.8, 4) is 0 Å². The highest BCUT2D eigenvalue weighted by molar-refractivity contribution is 7.15. The molecule has 0 fully saturated rings. The molecular formula is C12H12N2OS2. The summed E-state index contributed by atoms with van der Waals surface area (Å²) in [5, 5.41) is 16.2.